The van der Waals surface area contributed by atoms with Gasteiger partial charge in [-0.1, -0.05) is 29.8 Å². The van der Waals surface area contributed by atoms with Crippen molar-refractivity contribution in [2.75, 3.05) is 4.72 Å². The van der Waals surface area contributed by atoms with Gasteiger partial charge in [0.1, 0.15) is 5.82 Å². The number of halogens is 1. The van der Waals surface area contributed by atoms with E-state index in [2.05, 4.69) is 20.0 Å². The summed E-state index contributed by atoms with van der Waals surface area (Å²) in [5.74, 6) is 0.681. The van der Waals surface area contributed by atoms with Gasteiger partial charge in [-0.05, 0) is 43.7 Å². The molecule has 0 aliphatic rings. The Morgan fingerprint density at radius 2 is 1.85 bits per heavy atom. The number of sulfonamides is 1. The molecule has 26 heavy (non-hydrogen) atoms. The Bertz CT molecular complexity index is 1060. The Balaban J connectivity index is 1.89. The Morgan fingerprint density at radius 1 is 1.08 bits per heavy atom. The number of benzene rings is 1. The van der Waals surface area contributed by atoms with Crippen molar-refractivity contribution in [3.8, 4) is 5.82 Å². The van der Waals surface area contributed by atoms with Gasteiger partial charge in [-0.15, -0.1) is 5.10 Å². The first-order valence-electron chi connectivity index (χ1n) is 7.67. The summed E-state index contributed by atoms with van der Waals surface area (Å²) in [5.41, 5.74) is 2.00. The maximum absolute atomic E-state index is 12.4. The van der Waals surface area contributed by atoms with Gasteiger partial charge in [-0.2, -0.15) is 14.9 Å². The maximum atomic E-state index is 12.4. The van der Waals surface area contributed by atoms with E-state index >= 15 is 0 Å². The highest BCUT2D eigenvalue weighted by molar-refractivity contribution is 7.95. The van der Waals surface area contributed by atoms with Crippen molar-refractivity contribution in [2.24, 2.45) is 0 Å². The lowest BCUT2D eigenvalue weighted by Crippen LogP contribution is -2.13. The summed E-state index contributed by atoms with van der Waals surface area (Å²) in [5, 5.41) is 13.8. The van der Waals surface area contributed by atoms with E-state index in [-0.39, 0.29) is 5.82 Å². The minimum atomic E-state index is -3.77. The minimum absolute atomic E-state index is 0.268. The summed E-state index contributed by atoms with van der Waals surface area (Å²) in [7, 11) is -3.77. The third kappa shape index (κ3) is 4.27. The highest BCUT2D eigenvalue weighted by atomic mass is 35.5. The van der Waals surface area contributed by atoms with E-state index in [9.17, 15) is 8.42 Å². The van der Waals surface area contributed by atoms with Crippen molar-refractivity contribution in [1.82, 2.24) is 20.0 Å². The zero-order valence-electron chi connectivity index (χ0n) is 14.1. The number of rotatable bonds is 5. The van der Waals surface area contributed by atoms with Crippen molar-refractivity contribution < 1.29 is 8.42 Å². The molecule has 1 aromatic carbocycles. The second-order valence-corrected chi connectivity index (χ2v) is 7.56. The molecule has 0 saturated carbocycles. The molecule has 0 aliphatic heterocycles. The Labute approximate surface area is 156 Å². The predicted molar refractivity (Wildman–Crippen MR) is 102 cm³/mol. The summed E-state index contributed by atoms with van der Waals surface area (Å²) >= 11 is 6.04. The molecule has 134 valence electrons. The molecular weight excluding hydrogens is 374 g/mol. The van der Waals surface area contributed by atoms with Gasteiger partial charge in [0.05, 0.1) is 16.8 Å². The highest BCUT2D eigenvalue weighted by Gasteiger charge is 2.14. The van der Waals surface area contributed by atoms with E-state index in [4.69, 9.17) is 11.6 Å². The fraction of sp³-hybridized carbons (Fsp3) is 0.118. The largest absolute Gasteiger partial charge is 0.264 e. The van der Waals surface area contributed by atoms with E-state index in [1.807, 2.05) is 6.92 Å². The van der Waals surface area contributed by atoms with Crippen LogP contribution in [0.1, 0.15) is 17.0 Å². The predicted octanol–water partition coefficient (Wildman–Crippen LogP) is 3.35. The van der Waals surface area contributed by atoms with Crippen LogP contribution in [0.2, 0.25) is 5.02 Å². The minimum Gasteiger partial charge on any atom is -0.264 e. The first kappa shape index (κ1) is 18.1. The van der Waals surface area contributed by atoms with Crippen LogP contribution in [0.3, 0.4) is 0 Å². The van der Waals surface area contributed by atoms with Gasteiger partial charge in [0, 0.05) is 11.1 Å². The first-order chi connectivity index (χ1) is 12.3. The zero-order valence-corrected chi connectivity index (χ0v) is 15.7. The Morgan fingerprint density at radius 3 is 2.54 bits per heavy atom. The second kappa shape index (κ2) is 7.27. The van der Waals surface area contributed by atoms with E-state index in [1.54, 1.807) is 49.4 Å². The molecule has 0 aliphatic carbocycles. The van der Waals surface area contributed by atoms with Crippen LogP contribution in [0.5, 0.6) is 0 Å². The molecule has 0 fully saturated rings. The summed E-state index contributed by atoms with van der Waals surface area (Å²) in [6.07, 6.45) is 1.43. The average molecular weight is 390 g/mol. The van der Waals surface area contributed by atoms with E-state index < -0.39 is 10.0 Å². The molecule has 0 bridgehead atoms. The van der Waals surface area contributed by atoms with Crippen molar-refractivity contribution in [1.29, 1.82) is 0 Å². The number of aryl methyl sites for hydroxylation is 2. The van der Waals surface area contributed by atoms with Crippen LogP contribution in [-0.4, -0.2) is 28.4 Å². The van der Waals surface area contributed by atoms with E-state index in [0.717, 1.165) is 11.1 Å². The number of nitrogens with zero attached hydrogens (tertiary/aromatic N) is 4. The highest BCUT2D eigenvalue weighted by Crippen LogP contribution is 2.19. The lowest BCUT2D eigenvalue weighted by molar-refractivity contribution is 0.609. The van der Waals surface area contributed by atoms with Crippen LogP contribution in [-0.2, 0) is 10.0 Å². The molecule has 2 aromatic heterocycles. The lowest BCUT2D eigenvalue weighted by atomic mass is 10.2. The molecule has 0 amide bonds. The van der Waals surface area contributed by atoms with Gasteiger partial charge < -0.3 is 0 Å². The molecule has 7 nitrogen and oxygen atoms in total. The van der Waals surface area contributed by atoms with Crippen molar-refractivity contribution in [3.63, 3.8) is 0 Å². The molecule has 0 radical (unpaired) electrons. The van der Waals surface area contributed by atoms with Crippen molar-refractivity contribution in [3.05, 3.63) is 69.8 Å². The number of aromatic nitrogens is 4. The van der Waals surface area contributed by atoms with Crippen LogP contribution in [0.4, 0.5) is 5.82 Å². The number of nitrogens with one attached hydrogen (secondary N) is 1. The molecule has 1 N–H and O–H groups in total. The summed E-state index contributed by atoms with van der Waals surface area (Å²) in [6, 6.07) is 12.1. The Hall–Kier alpha value is -2.71. The van der Waals surface area contributed by atoms with Crippen LogP contribution < -0.4 is 4.72 Å². The standard InChI is InChI=1S/C17H16ClN5O2S/c1-12-7-8-16(20-19-12)23-17(11-13(2)21-23)22-26(24,25)10-9-14-5-3-4-6-15(14)18/h3-11,22H,1-2H3/b10-9+. The fourth-order valence-electron chi connectivity index (χ4n) is 2.20. The average Bonchev–Trinajstić information content (AvgIpc) is 2.94. The smallest absolute Gasteiger partial charge is 0.256 e. The van der Waals surface area contributed by atoms with Crippen molar-refractivity contribution in [2.45, 2.75) is 13.8 Å². The zero-order chi connectivity index (χ0) is 18.7. The van der Waals surface area contributed by atoms with Gasteiger partial charge in [0.15, 0.2) is 5.82 Å². The van der Waals surface area contributed by atoms with Crippen LogP contribution in [0.15, 0.2) is 47.9 Å². The summed E-state index contributed by atoms with van der Waals surface area (Å²) < 4.78 is 28.7. The van der Waals surface area contributed by atoms with E-state index in [1.165, 1.54) is 10.8 Å². The fourth-order valence-corrected chi connectivity index (χ4v) is 3.23. The van der Waals surface area contributed by atoms with Gasteiger partial charge in [0.25, 0.3) is 10.0 Å². The molecule has 0 unspecified atom stereocenters. The van der Waals surface area contributed by atoms with Crippen LogP contribution in [0.25, 0.3) is 11.9 Å². The van der Waals surface area contributed by atoms with E-state index in [0.29, 0.717) is 22.1 Å². The van der Waals surface area contributed by atoms with Crippen molar-refractivity contribution >= 4 is 33.5 Å². The molecule has 0 atom stereocenters. The molecular formula is C17H16ClN5O2S. The SMILES string of the molecule is Cc1ccc(-n2nc(C)cc2NS(=O)(=O)/C=C/c2ccccc2Cl)nn1. The Kier molecular flexibility index (Phi) is 5.06. The number of hydrogen-bond acceptors (Lipinski definition) is 5. The van der Waals surface area contributed by atoms with Gasteiger partial charge >= 0.3 is 0 Å². The normalized spacial score (nSPS) is 11.8. The monoisotopic (exact) mass is 389 g/mol. The number of hydrogen-bond donors (Lipinski definition) is 1. The molecule has 2 heterocycles. The number of anilines is 1. The third-order valence-corrected chi connectivity index (χ3v) is 4.74. The topological polar surface area (TPSA) is 89.8 Å². The van der Waals surface area contributed by atoms with Gasteiger partial charge in [-0.25, -0.2) is 8.42 Å². The second-order valence-electron chi connectivity index (χ2n) is 5.59. The maximum Gasteiger partial charge on any atom is 0.256 e. The van der Waals surface area contributed by atoms with Crippen LogP contribution in [0, 0.1) is 13.8 Å². The van der Waals surface area contributed by atoms with Gasteiger partial charge in [0.2, 0.25) is 0 Å². The lowest BCUT2D eigenvalue weighted by Gasteiger charge is -2.07. The first-order valence-corrected chi connectivity index (χ1v) is 9.59. The van der Waals surface area contributed by atoms with Gasteiger partial charge in [-0.3, -0.25) is 4.72 Å². The summed E-state index contributed by atoms with van der Waals surface area (Å²) in [4.78, 5) is 0. The quantitative estimate of drug-likeness (QED) is 0.722. The molecule has 0 saturated heterocycles. The molecule has 3 aromatic rings. The van der Waals surface area contributed by atoms with Crippen LogP contribution >= 0.6 is 11.6 Å². The molecule has 3 rings (SSSR count). The summed E-state index contributed by atoms with van der Waals surface area (Å²) in [6.45, 7) is 3.57. The third-order valence-electron chi connectivity index (χ3n) is 3.41. The molecule has 0 spiro atoms. The molecule has 9 heteroatoms.